The van der Waals surface area contributed by atoms with E-state index in [-0.39, 0.29) is 0 Å². The first kappa shape index (κ1) is 15.2. The molecule has 1 aliphatic carbocycles. The van der Waals surface area contributed by atoms with Crippen molar-refractivity contribution in [3.8, 4) is 5.88 Å². The van der Waals surface area contributed by atoms with Gasteiger partial charge < -0.3 is 10.1 Å². The molecular formula is C18H18N4OS. The van der Waals surface area contributed by atoms with Gasteiger partial charge in [0.25, 0.3) is 0 Å². The number of ether oxygens (including phenoxy) is 1. The van der Waals surface area contributed by atoms with Gasteiger partial charge in [0.05, 0.1) is 7.11 Å². The summed E-state index contributed by atoms with van der Waals surface area (Å²) >= 11 is 1.70. The van der Waals surface area contributed by atoms with Gasteiger partial charge >= 0.3 is 0 Å². The van der Waals surface area contributed by atoms with E-state index in [0.717, 1.165) is 22.3 Å². The second-order valence-corrected chi connectivity index (χ2v) is 6.63. The Morgan fingerprint density at radius 1 is 1.04 bits per heavy atom. The third kappa shape index (κ3) is 3.29. The van der Waals surface area contributed by atoms with Crippen molar-refractivity contribution in [3.05, 3.63) is 48.8 Å². The standard InChI is InChI=1S/C18H18N4OS/c1-23-18-17-15(8-10-20-18)16(9-11-19-17)21-12-4-6-14(7-5-12)24-22-13-2-3-13/h4-11,13,22H,2-3H2,1H3,(H,19,21). The first-order valence-corrected chi connectivity index (χ1v) is 8.72. The summed E-state index contributed by atoms with van der Waals surface area (Å²) in [7, 11) is 1.61. The molecule has 0 unspecified atom stereocenters. The average Bonchev–Trinajstić information content (AvgIpc) is 3.45. The van der Waals surface area contributed by atoms with E-state index in [1.54, 1.807) is 31.5 Å². The Labute approximate surface area is 145 Å². The zero-order valence-corrected chi connectivity index (χ0v) is 14.1. The largest absolute Gasteiger partial charge is 0.479 e. The number of aromatic nitrogens is 2. The van der Waals surface area contributed by atoms with Crippen molar-refractivity contribution in [2.45, 2.75) is 23.8 Å². The summed E-state index contributed by atoms with van der Waals surface area (Å²) in [4.78, 5) is 9.80. The van der Waals surface area contributed by atoms with Gasteiger partial charge in [-0.05, 0) is 61.2 Å². The molecule has 24 heavy (non-hydrogen) atoms. The van der Waals surface area contributed by atoms with Crippen LogP contribution in [0.25, 0.3) is 10.9 Å². The molecule has 2 heterocycles. The van der Waals surface area contributed by atoms with Gasteiger partial charge in [-0.25, -0.2) is 4.98 Å². The summed E-state index contributed by atoms with van der Waals surface area (Å²) < 4.78 is 8.73. The van der Waals surface area contributed by atoms with Gasteiger partial charge in [0.15, 0.2) is 0 Å². The Morgan fingerprint density at radius 3 is 2.58 bits per heavy atom. The van der Waals surface area contributed by atoms with Crippen molar-refractivity contribution in [3.63, 3.8) is 0 Å². The third-order valence-electron chi connectivity index (χ3n) is 3.87. The topological polar surface area (TPSA) is 59.1 Å². The van der Waals surface area contributed by atoms with E-state index in [1.807, 2.05) is 12.1 Å². The van der Waals surface area contributed by atoms with E-state index >= 15 is 0 Å². The Kier molecular flexibility index (Phi) is 4.23. The highest BCUT2D eigenvalue weighted by atomic mass is 32.2. The number of anilines is 2. The maximum absolute atomic E-state index is 5.29. The molecule has 122 valence electrons. The molecule has 1 saturated carbocycles. The number of benzene rings is 1. The van der Waals surface area contributed by atoms with Crippen LogP contribution in [0.2, 0.25) is 0 Å². The lowest BCUT2D eigenvalue weighted by molar-refractivity contribution is 0.402. The van der Waals surface area contributed by atoms with Crippen LogP contribution in [0.15, 0.2) is 53.7 Å². The molecule has 0 atom stereocenters. The van der Waals surface area contributed by atoms with Gasteiger partial charge in [-0.3, -0.25) is 9.71 Å². The molecule has 0 amide bonds. The molecule has 0 bridgehead atoms. The van der Waals surface area contributed by atoms with E-state index in [9.17, 15) is 0 Å². The van der Waals surface area contributed by atoms with Gasteiger partial charge in [-0.15, -0.1) is 0 Å². The SMILES string of the molecule is COc1nccc2c(Nc3ccc(SNC4CC4)cc3)ccnc12. The van der Waals surface area contributed by atoms with Gasteiger partial charge in [0, 0.05) is 40.1 Å². The van der Waals surface area contributed by atoms with Crippen LogP contribution in [0.5, 0.6) is 5.88 Å². The molecule has 1 aromatic carbocycles. The van der Waals surface area contributed by atoms with Crippen LogP contribution in [-0.4, -0.2) is 23.1 Å². The number of hydrogen-bond donors (Lipinski definition) is 2. The lowest BCUT2D eigenvalue weighted by Crippen LogP contribution is -2.04. The minimum absolute atomic E-state index is 0.536. The molecule has 5 nitrogen and oxygen atoms in total. The van der Waals surface area contributed by atoms with Crippen molar-refractivity contribution < 1.29 is 4.74 Å². The number of pyridine rings is 2. The summed E-state index contributed by atoms with van der Waals surface area (Å²) in [5, 5.41) is 4.43. The van der Waals surface area contributed by atoms with E-state index in [0.29, 0.717) is 11.9 Å². The maximum Gasteiger partial charge on any atom is 0.240 e. The molecule has 2 aromatic heterocycles. The van der Waals surface area contributed by atoms with Gasteiger partial charge in [-0.2, -0.15) is 0 Å². The summed E-state index contributed by atoms with van der Waals surface area (Å²) in [6.07, 6.45) is 6.08. The highest BCUT2D eigenvalue weighted by Gasteiger charge is 2.20. The van der Waals surface area contributed by atoms with Crippen molar-refractivity contribution in [2.24, 2.45) is 0 Å². The second kappa shape index (κ2) is 6.67. The molecular weight excluding hydrogens is 320 g/mol. The molecule has 4 rings (SSSR count). The molecule has 1 fully saturated rings. The highest BCUT2D eigenvalue weighted by Crippen LogP contribution is 2.30. The van der Waals surface area contributed by atoms with Crippen LogP contribution in [0.1, 0.15) is 12.8 Å². The van der Waals surface area contributed by atoms with Crippen LogP contribution < -0.4 is 14.8 Å². The Hall–Kier alpha value is -2.31. The fourth-order valence-electron chi connectivity index (χ4n) is 2.43. The monoisotopic (exact) mass is 338 g/mol. The maximum atomic E-state index is 5.29. The van der Waals surface area contributed by atoms with E-state index in [4.69, 9.17) is 4.74 Å². The minimum atomic E-state index is 0.536. The van der Waals surface area contributed by atoms with Crippen molar-refractivity contribution in [2.75, 3.05) is 12.4 Å². The molecule has 2 N–H and O–H groups in total. The molecule has 6 heteroatoms. The molecule has 1 aliphatic rings. The van der Waals surface area contributed by atoms with Gasteiger partial charge in [-0.1, -0.05) is 0 Å². The van der Waals surface area contributed by atoms with Crippen molar-refractivity contribution in [1.29, 1.82) is 0 Å². The fraction of sp³-hybridized carbons (Fsp3) is 0.222. The van der Waals surface area contributed by atoms with Crippen LogP contribution in [-0.2, 0) is 0 Å². The molecule has 0 saturated heterocycles. The molecule has 0 radical (unpaired) electrons. The summed E-state index contributed by atoms with van der Waals surface area (Å²) in [5.41, 5.74) is 2.78. The number of nitrogens with one attached hydrogen (secondary N) is 2. The Morgan fingerprint density at radius 2 is 1.83 bits per heavy atom. The second-order valence-electron chi connectivity index (χ2n) is 5.72. The summed E-state index contributed by atoms with van der Waals surface area (Å²) in [5.74, 6) is 0.536. The summed E-state index contributed by atoms with van der Waals surface area (Å²) in [6, 6.07) is 13.0. The predicted octanol–water partition coefficient (Wildman–Crippen LogP) is 4.14. The number of fused-ring (bicyclic) bond motifs is 1. The highest BCUT2D eigenvalue weighted by molar-refractivity contribution is 7.97. The van der Waals surface area contributed by atoms with E-state index in [1.165, 1.54) is 17.7 Å². The fourth-order valence-corrected chi connectivity index (χ4v) is 3.24. The Balaban J connectivity index is 1.55. The summed E-state index contributed by atoms with van der Waals surface area (Å²) in [6.45, 7) is 0. The van der Waals surface area contributed by atoms with Crippen molar-refractivity contribution in [1.82, 2.24) is 14.7 Å². The Bertz CT molecular complexity index is 849. The van der Waals surface area contributed by atoms with Crippen LogP contribution in [0, 0.1) is 0 Å². The quantitative estimate of drug-likeness (QED) is 0.659. The van der Waals surface area contributed by atoms with Crippen LogP contribution in [0.3, 0.4) is 0 Å². The van der Waals surface area contributed by atoms with E-state index in [2.05, 4.69) is 44.3 Å². The first-order valence-electron chi connectivity index (χ1n) is 7.90. The zero-order chi connectivity index (χ0) is 16.4. The number of hydrogen-bond acceptors (Lipinski definition) is 6. The molecule has 3 aromatic rings. The smallest absolute Gasteiger partial charge is 0.240 e. The predicted molar refractivity (Wildman–Crippen MR) is 97.8 cm³/mol. The van der Waals surface area contributed by atoms with Gasteiger partial charge in [0.2, 0.25) is 5.88 Å². The molecule has 0 spiro atoms. The average molecular weight is 338 g/mol. The zero-order valence-electron chi connectivity index (χ0n) is 13.3. The van der Waals surface area contributed by atoms with Crippen LogP contribution in [0.4, 0.5) is 11.4 Å². The number of rotatable bonds is 6. The normalized spacial score (nSPS) is 13.9. The number of methoxy groups -OCH3 is 1. The minimum Gasteiger partial charge on any atom is -0.479 e. The first-order chi connectivity index (χ1) is 11.8. The lowest BCUT2D eigenvalue weighted by Gasteiger charge is -2.11. The van der Waals surface area contributed by atoms with Crippen LogP contribution >= 0.6 is 11.9 Å². The molecule has 0 aliphatic heterocycles. The third-order valence-corrected chi connectivity index (χ3v) is 4.83. The van der Waals surface area contributed by atoms with Crippen molar-refractivity contribution >= 4 is 34.2 Å². The van der Waals surface area contributed by atoms with E-state index < -0.39 is 0 Å². The lowest BCUT2D eigenvalue weighted by atomic mass is 10.2. The number of nitrogens with zero attached hydrogens (tertiary/aromatic N) is 2. The van der Waals surface area contributed by atoms with Gasteiger partial charge in [0.1, 0.15) is 5.52 Å².